The van der Waals surface area contributed by atoms with E-state index < -0.39 is 0 Å². The van der Waals surface area contributed by atoms with Crippen molar-refractivity contribution in [3.05, 3.63) is 39.7 Å². The van der Waals surface area contributed by atoms with E-state index >= 15 is 0 Å². The fourth-order valence-electron chi connectivity index (χ4n) is 3.34. The maximum absolute atomic E-state index is 12.5. The number of hydrogen-bond acceptors (Lipinski definition) is 3. The number of likely N-dealkylation sites (tertiary alicyclic amines) is 1. The van der Waals surface area contributed by atoms with Crippen molar-refractivity contribution >= 4 is 28.4 Å². The summed E-state index contributed by atoms with van der Waals surface area (Å²) < 4.78 is 0. The van der Waals surface area contributed by atoms with Crippen molar-refractivity contribution in [1.29, 1.82) is 0 Å². The zero-order chi connectivity index (χ0) is 18.1. The van der Waals surface area contributed by atoms with Gasteiger partial charge in [-0.2, -0.15) is 0 Å². The number of nitrogens with zero attached hydrogens (tertiary/aromatic N) is 1. The highest BCUT2D eigenvalue weighted by atomic mass is 16.2. The van der Waals surface area contributed by atoms with E-state index in [2.05, 4.69) is 10.3 Å². The second-order valence-electron chi connectivity index (χ2n) is 6.73. The standard InChI is InChI=1S/C19H23N3O3/c1-11-12(2)18(24)21-17-10-15(4-5-16(11)17)20-19(25)14-6-8-22(9-7-14)13(3)23/h4-5,10,14H,6-9H2,1-3H3,(H,20,25)(H,21,24). The predicted octanol–water partition coefficient (Wildman–Crippen LogP) is 2.34. The van der Waals surface area contributed by atoms with Crippen molar-refractivity contribution < 1.29 is 9.59 Å². The normalized spacial score (nSPS) is 15.4. The first-order valence-corrected chi connectivity index (χ1v) is 8.56. The van der Waals surface area contributed by atoms with Crippen molar-refractivity contribution in [3.63, 3.8) is 0 Å². The number of amides is 2. The molecule has 1 aromatic carbocycles. The molecule has 1 aliphatic heterocycles. The average molecular weight is 341 g/mol. The number of aromatic amines is 1. The van der Waals surface area contributed by atoms with Gasteiger partial charge in [0, 0.05) is 42.6 Å². The van der Waals surface area contributed by atoms with E-state index in [1.54, 1.807) is 24.8 Å². The number of aryl methyl sites for hydroxylation is 1. The van der Waals surface area contributed by atoms with Gasteiger partial charge in [0.2, 0.25) is 11.8 Å². The Kier molecular flexibility index (Phi) is 4.61. The van der Waals surface area contributed by atoms with Crippen LogP contribution in [0.25, 0.3) is 10.9 Å². The maximum atomic E-state index is 12.5. The van der Waals surface area contributed by atoms with Crippen molar-refractivity contribution in [3.8, 4) is 0 Å². The molecular weight excluding hydrogens is 318 g/mol. The fourth-order valence-corrected chi connectivity index (χ4v) is 3.34. The minimum absolute atomic E-state index is 0.0336. The van der Waals surface area contributed by atoms with E-state index in [4.69, 9.17) is 0 Å². The zero-order valence-corrected chi connectivity index (χ0v) is 14.8. The predicted molar refractivity (Wildman–Crippen MR) is 97.7 cm³/mol. The molecule has 6 heteroatoms. The van der Waals surface area contributed by atoms with Crippen LogP contribution in [-0.2, 0) is 9.59 Å². The Morgan fingerprint density at radius 2 is 1.84 bits per heavy atom. The Bertz CT molecular complexity index is 893. The molecule has 6 nitrogen and oxygen atoms in total. The second-order valence-corrected chi connectivity index (χ2v) is 6.73. The van der Waals surface area contributed by atoms with Gasteiger partial charge in [-0.1, -0.05) is 6.07 Å². The van der Waals surface area contributed by atoms with Crippen LogP contribution in [0.2, 0.25) is 0 Å². The number of H-pyrrole nitrogens is 1. The van der Waals surface area contributed by atoms with Crippen LogP contribution < -0.4 is 10.9 Å². The van der Waals surface area contributed by atoms with Crippen LogP contribution in [0.1, 0.15) is 30.9 Å². The first-order chi connectivity index (χ1) is 11.9. The van der Waals surface area contributed by atoms with Crippen molar-refractivity contribution in [2.24, 2.45) is 5.92 Å². The number of anilines is 1. The van der Waals surface area contributed by atoms with Crippen molar-refractivity contribution in [2.75, 3.05) is 18.4 Å². The van der Waals surface area contributed by atoms with E-state index in [-0.39, 0.29) is 23.3 Å². The molecule has 0 unspecified atom stereocenters. The molecule has 1 aromatic heterocycles. The molecule has 3 rings (SSSR count). The first-order valence-electron chi connectivity index (χ1n) is 8.56. The molecule has 0 bridgehead atoms. The topological polar surface area (TPSA) is 82.3 Å². The molecule has 1 aliphatic rings. The SMILES string of the molecule is CC(=O)N1CCC(C(=O)Nc2ccc3c(C)c(C)c(=O)[nH]c3c2)CC1. The molecule has 2 heterocycles. The number of piperidine rings is 1. The number of benzene rings is 1. The Balaban J connectivity index is 1.75. The van der Waals surface area contributed by atoms with Gasteiger partial charge in [-0.15, -0.1) is 0 Å². The largest absolute Gasteiger partial charge is 0.343 e. The molecule has 0 saturated carbocycles. The van der Waals surface area contributed by atoms with Gasteiger partial charge in [0.05, 0.1) is 5.52 Å². The molecule has 132 valence electrons. The minimum Gasteiger partial charge on any atom is -0.343 e. The molecule has 25 heavy (non-hydrogen) atoms. The van der Waals surface area contributed by atoms with Crippen LogP contribution in [-0.4, -0.2) is 34.8 Å². The van der Waals surface area contributed by atoms with Crippen LogP contribution in [0.15, 0.2) is 23.0 Å². The quantitative estimate of drug-likeness (QED) is 0.879. The van der Waals surface area contributed by atoms with Gasteiger partial charge in [0.25, 0.3) is 5.56 Å². The minimum atomic E-state index is -0.106. The number of nitrogens with one attached hydrogen (secondary N) is 2. The van der Waals surface area contributed by atoms with E-state index in [9.17, 15) is 14.4 Å². The zero-order valence-electron chi connectivity index (χ0n) is 14.8. The molecule has 0 aliphatic carbocycles. The molecule has 0 atom stereocenters. The van der Waals surface area contributed by atoms with Gasteiger partial charge in [-0.25, -0.2) is 0 Å². The number of carbonyl (C=O) groups excluding carboxylic acids is 2. The number of pyridine rings is 1. The van der Waals surface area contributed by atoms with Gasteiger partial charge < -0.3 is 15.2 Å². The van der Waals surface area contributed by atoms with E-state index in [1.165, 1.54) is 0 Å². The summed E-state index contributed by atoms with van der Waals surface area (Å²) in [6.07, 6.45) is 1.35. The summed E-state index contributed by atoms with van der Waals surface area (Å²) in [6.45, 7) is 6.53. The number of carbonyl (C=O) groups is 2. The van der Waals surface area contributed by atoms with E-state index in [1.807, 2.05) is 19.1 Å². The van der Waals surface area contributed by atoms with Crippen LogP contribution in [0.4, 0.5) is 5.69 Å². The molecular formula is C19H23N3O3. The Morgan fingerprint density at radius 3 is 2.48 bits per heavy atom. The third-order valence-corrected chi connectivity index (χ3v) is 5.15. The lowest BCUT2D eigenvalue weighted by Crippen LogP contribution is -2.40. The van der Waals surface area contributed by atoms with Crippen molar-refractivity contribution in [2.45, 2.75) is 33.6 Å². The highest BCUT2D eigenvalue weighted by Gasteiger charge is 2.26. The van der Waals surface area contributed by atoms with E-state index in [0.29, 0.717) is 37.2 Å². The van der Waals surface area contributed by atoms with Gasteiger partial charge in [-0.3, -0.25) is 14.4 Å². The maximum Gasteiger partial charge on any atom is 0.251 e. The van der Waals surface area contributed by atoms with Crippen LogP contribution in [0.5, 0.6) is 0 Å². The summed E-state index contributed by atoms with van der Waals surface area (Å²) in [5.41, 5.74) is 2.95. The smallest absolute Gasteiger partial charge is 0.251 e. The molecule has 2 amide bonds. The molecule has 1 fully saturated rings. The summed E-state index contributed by atoms with van der Waals surface area (Å²) in [6, 6.07) is 5.57. The highest BCUT2D eigenvalue weighted by molar-refractivity contribution is 5.95. The van der Waals surface area contributed by atoms with Crippen LogP contribution in [0.3, 0.4) is 0 Å². The Morgan fingerprint density at radius 1 is 1.16 bits per heavy atom. The summed E-state index contributed by atoms with van der Waals surface area (Å²) in [7, 11) is 0. The molecule has 2 aromatic rings. The van der Waals surface area contributed by atoms with Crippen molar-refractivity contribution in [1.82, 2.24) is 9.88 Å². The summed E-state index contributed by atoms with van der Waals surface area (Å²) in [4.78, 5) is 40.4. The highest BCUT2D eigenvalue weighted by Crippen LogP contribution is 2.23. The lowest BCUT2D eigenvalue weighted by atomic mass is 9.95. The monoisotopic (exact) mass is 341 g/mol. The third kappa shape index (κ3) is 3.43. The first kappa shape index (κ1) is 17.2. The molecule has 2 N–H and O–H groups in total. The molecule has 0 radical (unpaired) electrons. The Labute approximate surface area is 146 Å². The van der Waals surface area contributed by atoms with Crippen LogP contribution in [0, 0.1) is 19.8 Å². The molecule has 0 spiro atoms. The lowest BCUT2D eigenvalue weighted by molar-refractivity contribution is -0.132. The second kappa shape index (κ2) is 6.70. The summed E-state index contributed by atoms with van der Waals surface area (Å²) >= 11 is 0. The fraction of sp³-hybridized carbons (Fsp3) is 0.421. The number of fused-ring (bicyclic) bond motifs is 1. The third-order valence-electron chi connectivity index (χ3n) is 5.15. The van der Waals surface area contributed by atoms with Gasteiger partial charge in [0.15, 0.2) is 0 Å². The number of hydrogen-bond donors (Lipinski definition) is 2. The van der Waals surface area contributed by atoms with Gasteiger partial charge in [0.1, 0.15) is 0 Å². The number of aromatic nitrogens is 1. The van der Waals surface area contributed by atoms with Gasteiger partial charge in [-0.05, 0) is 44.4 Å². The number of rotatable bonds is 2. The lowest BCUT2D eigenvalue weighted by Gasteiger charge is -2.30. The van der Waals surface area contributed by atoms with E-state index in [0.717, 1.165) is 16.5 Å². The summed E-state index contributed by atoms with van der Waals surface area (Å²) in [5, 5.41) is 3.91. The summed E-state index contributed by atoms with van der Waals surface area (Å²) in [5.74, 6) is -0.0677. The Hall–Kier alpha value is -2.63. The van der Waals surface area contributed by atoms with Crippen LogP contribution >= 0.6 is 0 Å². The molecule has 1 saturated heterocycles. The average Bonchev–Trinajstić information content (AvgIpc) is 2.59. The van der Waals surface area contributed by atoms with Gasteiger partial charge >= 0.3 is 0 Å².